The Morgan fingerprint density at radius 2 is 2.06 bits per heavy atom. The molecule has 0 fully saturated rings. The summed E-state index contributed by atoms with van der Waals surface area (Å²) in [7, 11) is 0. The lowest BCUT2D eigenvalue weighted by Crippen LogP contribution is -2.37. The molecule has 1 heterocycles. The Morgan fingerprint density at radius 3 is 2.56 bits per heavy atom. The number of nitrogens with zero attached hydrogens (tertiary/aromatic N) is 2. The van der Waals surface area contributed by atoms with Gasteiger partial charge >= 0.3 is 0 Å². The maximum atomic E-state index is 12.2. The molecule has 1 aromatic heterocycles. The SMILES string of the molecule is CC(CO)C(C)Nc1nccn(C(C)(C)C)c1=O. The summed E-state index contributed by atoms with van der Waals surface area (Å²) in [5, 5.41) is 12.2. The number of nitrogens with one attached hydrogen (secondary N) is 1. The van der Waals surface area contributed by atoms with Gasteiger partial charge in [0.2, 0.25) is 0 Å². The summed E-state index contributed by atoms with van der Waals surface area (Å²) in [5.41, 5.74) is -0.413. The molecule has 0 aliphatic carbocycles. The molecule has 5 nitrogen and oxygen atoms in total. The van der Waals surface area contributed by atoms with Crippen LogP contribution in [0.1, 0.15) is 34.6 Å². The zero-order valence-electron chi connectivity index (χ0n) is 11.8. The van der Waals surface area contributed by atoms with Crippen LogP contribution in [0.4, 0.5) is 5.82 Å². The van der Waals surface area contributed by atoms with Crippen molar-refractivity contribution >= 4 is 5.82 Å². The maximum absolute atomic E-state index is 12.2. The second kappa shape index (κ2) is 5.52. The molecule has 2 unspecified atom stereocenters. The van der Waals surface area contributed by atoms with Crippen molar-refractivity contribution in [1.29, 1.82) is 0 Å². The van der Waals surface area contributed by atoms with Crippen molar-refractivity contribution in [3.8, 4) is 0 Å². The molecule has 2 atom stereocenters. The Hall–Kier alpha value is -1.36. The first-order valence-electron chi connectivity index (χ1n) is 6.23. The number of hydrogen-bond donors (Lipinski definition) is 2. The van der Waals surface area contributed by atoms with Crippen molar-refractivity contribution in [2.24, 2.45) is 5.92 Å². The van der Waals surface area contributed by atoms with Gasteiger partial charge in [0, 0.05) is 30.6 Å². The lowest BCUT2D eigenvalue weighted by molar-refractivity contribution is 0.226. The van der Waals surface area contributed by atoms with E-state index in [-0.39, 0.29) is 29.7 Å². The fourth-order valence-corrected chi connectivity index (χ4v) is 1.55. The zero-order chi connectivity index (χ0) is 13.9. The van der Waals surface area contributed by atoms with Crippen molar-refractivity contribution in [2.45, 2.75) is 46.2 Å². The lowest BCUT2D eigenvalue weighted by Gasteiger charge is -2.24. The summed E-state index contributed by atoms with van der Waals surface area (Å²) in [6.07, 6.45) is 3.30. The van der Waals surface area contributed by atoms with Crippen molar-refractivity contribution < 1.29 is 5.11 Å². The van der Waals surface area contributed by atoms with Gasteiger partial charge in [0.25, 0.3) is 5.56 Å². The van der Waals surface area contributed by atoms with Gasteiger partial charge in [-0.3, -0.25) is 4.79 Å². The average Bonchev–Trinajstić information content (AvgIpc) is 2.29. The Morgan fingerprint density at radius 1 is 1.44 bits per heavy atom. The molecule has 0 spiro atoms. The highest BCUT2D eigenvalue weighted by Gasteiger charge is 2.18. The number of rotatable bonds is 4. The molecule has 0 aromatic carbocycles. The summed E-state index contributed by atoms with van der Waals surface area (Å²) < 4.78 is 1.65. The number of anilines is 1. The van der Waals surface area contributed by atoms with Gasteiger partial charge in [0.05, 0.1) is 0 Å². The number of hydrogen-bond acceptors (Lipinski definition) is 4. The minimum atomic E-state index is -0.276. The van der Waals surface area contributed by atoms with E-state index in [1.807, 2.05) is 34.6 Å². The van der Waals surface area contributed by atoms with Crippen molar-refractivity contribution in [2.75, 3.05) is 11.9 Å². The normalized spacial score (nSPS) is 15.2. The van der Waals surface area contributed by atoms with Crippen LogP contribution in [0.15, 0.2) is 17.2 Å². The van der Waals surface area contributed by atoms with Gasteiger partial charge < -0.3 is 15.0 Å². The van der Waals surface area contributed by atoms with Gasteiger partial charge in [-0.05, 0) is 33.6 Å². The van der Waals surface area contributed by atoms with Crippen LogP contribution >= 0.6 is 0 Å². The highest BCUT2D eigenvalue weighted by molar-refractivity contribution is 5.32. The van der Waals surface area contributed by atoms with Gasteiger partial charge in [0.1, 0.15) is 0 Å². The molecule has 1 rings (SSSR count). The molecular weight excluding hydrogens is 230 g/mol. The summed E-state index contributed by atoms with van der Waals surface area (Å²) in [6, 6.07) is -0.00832. The minimum absolute atomic E-state index is 0.00832. The first-order chi connectivity index (χ1) is 8.27. The molecule has 2 N–H and O–H groups in total. The number of aromatic nitrogens is 2. The largest absolute Gasteiger partial charge is 0.396 e. The molecule has 0 saturated heterocycles. The highest BCUT2D eigenvalue weighted by Crippen LogP contribution is 2.12. The van der Waals surface area contributed by atoms with Gasteiger partial charge in [0.15, 0.2) is 5.82 Å². The second-order valence-electron chi connectivity index (χ2n) is 5.71. The van der Waals surface area contributed by atoms with E-state index < -0.39 is 0 Å². The molecule has 1 aromatic rings. The molecule has 5 heteroatoms. The van der Waals surface area contributed by atoms with E-state index in [2.05, 4.69) is 10.3 Å². The molecule has 0 bridgehead atoms. The third kappa shape index (κ3) is 3.32. The third-order valence-electron chi connectivity index (χ3n) is 3.07. The standard InChI is InChI=1S/C13H23N3O2/c1-9(8-17)10(2)15-11-12(18)16(7-6-14-11)13(3,4)5/h6-7,9-10,17H,8H2,1-5H3,(H,14,15). The Balaban J connectivity index is 3.02. The number of aliphatic hydroxyl groups is 1. The van der Waals surface area contributed by atoms with Crippen LogP contribution in [0.25, 0.3) is 0 Å². The molecule has 0 aliphatic heterocycles. The molecular formula is C13H23N3O2. The van der Waals surface area contributed by atoms with Crippen LogP contribution in [0.3, 0.4) is 0 Å². The first-order valence-corrected chi connectivity index (χ1v) is 6.23. The van der Waals surface area contributed by atoms with Gasteiger partial charge in [-0.25, -0.2) is 4.98 Å². The second-order valence-corrected chi connectivity index (χ2v) is 5.71. The third-order valence-corrected chi connectivity index (χ3v) is 3.07. The van der Waals surface area contributed by atoms with Crippen LogP contribution in [0.5, 0.6) is 0 Å². The zero-order valence-corrected chi connectivity index (χ0v) is 11.8. The molecule has 18 heavy (non-hydrogen) atoms. The minimum Gasteiger partial charge on any atom is -0.396 e. The fraction of sp³-hybridized carbons (Fsp3) is 0.692. The number of aliphatic hydroxyl groups excluding tert-OH is 1. The van der Waals surface area contributed by atoms with Crippen molar-refractivity contribution in [1.82, 2.24) is 9.55 Å². The topological polar surface area (TPSA) is 67.2 Å². The van der Waals surface area contributed by atoms with E-state index in [0.29, 0.717) is 5.82 Å². The smallest absolute Gasteiger partial charge is 0.293 e. The van der Waals surface area contributed by atoms with Crippen LogP contribution in [-0.2, 0) is 5.54 Å². The summed E-state index contributed by atoms with van der Waals surface area (Å²) in [4.78, 5) is 16.3. The molecule has 0 aliphatic rings. The van der Waals surface area contributed by atoms with E-state index in [4.69, 9.17) is 5.11 Å². The molecule has 0 saturated carbocycles. The van der Waals surface area contributed by atoms with Crippen LogP contribution in [-0.4, -0.2) is 27.3 Å². The van der Waals surface area contributed by atoms with Gasteiger partial charge in [-0.15, -0.1) is 0 Å². The lowest BCUT2D eigenvalue weighted by atomic mass is 10.1. The van der Waals surface area contributed by atoms with Crippen molar-refractivity contribution in [3.63, 3.8) is 0 Å². The van der Waals surface area contributed by atoms with E-state index in [9.17, 15) is 4.79 Å². The Labute approximate surface area is 108 Å². The fourth-order valence-electron chi connectivity index (χ4n) is 1.55. The first kappa shape index (κ1) is 14.7. The van der Waals surface area contributed by atoms with Crippen LogP contribution in [0.2, 0.25) is 0 Å². The van der Waals surface area contributed by atoms with E-state index in [1.54, 1.807) is 17.0 Å². The predicted octanol–water partition coefficient (Wildman–Crippen LogP) is 1.43. The van der Waals surface area contributed by atoms with Crippen LogP contribution < -0.4 is 10.9 Å². The Bertz CT molecular complexity index is 448. The summed E-state index contributed by atoms with van der Waals surface area (Å²) in [6.45, 7) is 9.83. The molecule has 0 amide bonds. The van der Waals surface area contributed by atoms with E-state index in [1.165, 1.54) is 0 Å². The van der Waals surface area contributed by atoms with Crippen molar-refractivity contribution in [3.05, 3.63) is 22.7 Å². The highest BCUT2D eigenvalue weighted by atomic mass is 16.3. The van der Waals surface area contributed by atoms with E-state index >= 15 is 0 Å². The summed E-state index contributed by atoms with van der Waals surface area (Å²) >= 11 is 0. The van der Waals surface area contributed by atoms with E-state index in [0.717, 1.165) is 0 Å². The van der Waals surface area contributed by atoms with Gasteiger partial charge in [-0.2, -0.15) is 0 Å². The molecule has 102 valence electrons. The van der Waals surface area contributed by atoms with Crippen LogP contribution in [0, 0.1) is 5.92 Å². The monoisotopic (exact) mass is 253 g/mol. The Kier molecular flexibility index (Phi) is 4.51. The quantitative estimate of drug-likeness (QED) is 0.851. The summed E-state index contributed by atoms with van der Waals surface area (Å²) in [5.74, 6) is 0.398. The average molecular weight is 253 g/mol. The predicted molar refractivity (Wildman–Crippen MR) is 72.8 cm³/mol. The molecule has 0 radical (unpaired) electrons. The maximum Gasteiger partial charge on any atom is 0.293 e. The van der Waals surface area contributed by atoms with Gasteiger partial charge in [-0.1, -0.05) is 6.92 Å².